The van der Waals surface area contributed by atoms with Crippen molar-refractivity contribution in [3.63, 3.8) is 0 Å². The number of ether oxygens (including phenoxy) is 1. The Kier molecular flexibility index (Phi) is 4.69. The molecule has 2 heterocycles. The summed E-state index contributed by atoms with van der Waals surface area (Å²) in [6, 6.07) is 0. The molecule has 0 amide bonds. The average molecular weight is 292 g/mol. The number of hydrogen-bond acceptors (Lipinski definition) is 7. The maximum Gasteiger partial charge on any atom is 0.231 e. The number of nitrogen functional groups attached to an aromatic ring is 1. The van der Waals surface area contributed by atoms with Gasteiger partial charge in [0, 0.05) is 32.8 Å². The van der Waals surface area contributed by atoms with Gasteiger partial charge in [0.05, 0.1) is 0 Å². The maximum absolute atomic E-state index is 5.77. The summed E-state index contributed by atoms with van der Waals surface area (Å²) in [6.45, 7) is 4.48. The Hall–Kier alpha value is -1.63. The van der Waals surface area contributed by atoms with Crippen LogP contribution in [0.2, 0.25) is 0 Å². The smallest absolute Gasteiger partial charge is 0.231 e. The van der Waals surface area contributed by atoms with E-state index in [9.17, 15) is 0 Å². The lowest BCUT2D eigenvalue weighted by Crippen LogP contribution is -2.22. The summed E-state index contributed by atoms with van der Waals surface area (Å²) in [5.74, 6) is 2.35. The molecule has 1 aromatic rings. The van der Waals surface area contributed by atoms with E-state index < -0.39 is 0 Å². The number of rotatable bonds is 8. The van der Waals surface area contributed by atoms with Gasteiger partial charge in [-0.3, -0.25) is 0 Å². The molecule has 21 heavy (non-hydrogen) atoms. The van der Waals surface area contributed by atoms with Crippen molar-refractivity contribution in [1.29, 1.82) is 0 Å². The van der Waals surface area contributed by atoms with Crippen LogP contribution >= 0.6 is 0 Å². The zero-order valence-electron chi connectivity index (χ0n) is 12.4. The summed E-state index contributed by atoms with van der Waals surface area (Å²) < 4.78 is 5.60. The van der Waals surface area contributed by atoms with Crippen LogP contribution in [-0.2, 0) is 4.74 Å². The highest BCUT2D eigenvalue weighted by atomic mass is 16.5. The van der Waals surface area contributed by atoms with Crippen LogP contribution in [0.15, 0.2) is 0 Å². The molecule has 1 aliphatic carbocycles. The van der Waals surface area contributed by atoms with E-state index in [-0.39, 0.29) is 5.95 Å². The van der Waals surface area contributed by atoms with Crippen LogP contribution in [0.3, 0.4) is 0 Å². The van der Waals surface area contributed by atoms with Gasteiger partial charge >= 0.3 is 0 Å². The van der Waals surface area contributed by atoms with Crippen molar-refractivity contribution in [3.05, 3.63) is 0 Å². The van der Waals surface area contributed by atoms with E-state index in [4.69, 9.17) is 10.5 Å². The second-order valence-corrected chi connectivity index (χ2v) is 5.81. The summed E-state index contributed by atoms with van der Waals surface area (Å²) in [5.41, 5.74) is 5.77. The highest BCUT2D eigenvalue weighted by Crippen LogP contribution is 2.28. The van der Waals surface area contributed by atoms with Crippen LogP contribution in [0, 0.1) is 5.92 Å². The molecule has 3 rings (SSSR count). The molecule has 2 fully saturated rings. The lowest BCUT2D eigenvalue weighted by molar-refractivity contribution is 0.124. The van der Waals surface area contributed by atoms with Crippen molar-refractivity contribution in [2.75, 3.05) is 48.8 Å². The largest absolute Gasteiger partial charge is 0.381 e. The minimum Gasteiger partial charge on any atom is -0.381 e. The highest BCUT2D eigenvalue weighted by molar-refractivity contribution is 5.42. The third kappa shape index (κ3) is 4.42. The quantitative estimate of drug-likeness (QED) is 0.698. The van der Waals surface area contributed by atoms with E-state index >= 15 is 0 Å². The molecule has 1 aromatic heterocycles. The molecule has 1 aliphatic heterocycles. The number of nitrogens with one attached hydrogen (secondary N) is 1. The Bertz CT molecular complexity index is 459. The first-order chi connectivity index (χ1) is 10.3. The molecule has 3 N–H and O–H groups in total. The summed E-state index contributed by atoms with van der Waals surface area (Å²) in [4.78, 5) is 15.0. The van der Waals surface area contributed by atoms with Gasteiger partial charge in [-0.1, -0.05) is 0 Å². The molecule has 1 saturated carbocycles. The van der Waals surface area contributed by atoms with Crippen LogP contribution in [0.1, 0.15) is 32.1 Å². The summed E-state index contributed by atoms with van der Waals surface area (Å²) in [7, 11) is 0. The van der Waals surface area contributed by atoms with E-state index in [1.165, 1.54) is 25.7 Å². The highest BCUT2D eigenvalue weighted by Gasteiger charge is 2.20. The molecule has 0 radical (unpaired) electrons. The van der Waals surface area contributed by atoms with Gasteiger partial charge in [-0.2, -0.15) is 15.0 Å². The van der Waals surface area contributed by atoms with Crippen LogP contribution in [0.4, 0.5) is 17.8 Å². The number of nitrogens with two attached hydrogens (primary N) is 1. The Morgan fingerprint density at radius 1 is 1.19 bits per heavy atom. The molecule has 7 nitrogen and oxygen atoms in total. The molecule has 0 unspecified atom stereocenters. The van der Waals surface area contributed by atoms with Gasteiger partial charge in [-0.15, -0.1) is 0 Å². The standard InChI is InChI=1S/C14H24N6O/c15-12-17-13(16-6-3-9-21-10-11-4-5-11)19-14(18-12)20-7-1-2-8-20/h11H,1-10H2,(H3,15,16,17,18,19). The lowest BCUT2D eigenvalue weighted by Gasteiger charge is -2.16. The zero-order valence-corrected chi connectivity index (χ0v) is 12.4. The third-order valence-corrected chi connectivity index (χ3v) is 3.83. The van der Waals surface area contributed by atoms with Crippen molar-refractivity contribution in [2.45, 2.75) is 32.1 Å². The zero-order chi connectivity index (χ0) is 14.5. The first-order valence-corrected chi connectivity index (χ1v) is 7.89. The molecule has 116 valence electrons. The lowest BCUT2D eigenvalue weighted by atomic mass is 10.4. The fraction of sp³-hybridized carbons (Fsp3) is 0.786. The SMILES string of the molecule is Nc1nc(NCCCOCC2CC2)nc(N2CCCC2)n1. The van der Waals surface area contributed by atoms with Gasteiger partial charge in [-0.05, 0) is 38.0 Å². The Labute approximate surface area is 125 Å². The molecule has 7 heteroatoms. The molecular formula is C14H24N6O. The van der Waals surface area contributed by atoms with Crippen molar-refractivity contribution in [1.82, 2.24) is 15.0 Å². The third-order valence-electron chi connectivity index (χ3n) is 3.83. The Balaban J connectivity index is 1.43. The number of hydrogen-bond donors (Lipinski definition) is 2. The van der Waals surface area contributed by atoms with Gasteiger partial charge < -0.3 is 20.7 Å². The van der Waals surface area contributed by atoms with Crippen molar-refractivity contribution >= 4 is 17.8 Å². The van der Waals surface area contributed by atoms with E-state index in [1.54, 1.807) is 0 Å². The van der Waals surface area contributed by atoms with E-state index in [0.29, 0.717) is 11.9 Å². The van der Waals surface area contributed by atoms with Crippen molar-refractivity contribution in [3.8, 4) is 0 Å². The molecular weight excluding hydrogens is 268 g/mol. The van der Waals surface area contributed by atoms with Crippen LogP contribution in [0.25, 0.3) is 0 Å². The number of aromatic nitrogens is 3. The average Bonchev–Trinajstić information content (AvgIpc) is 3.13. The van der Waals surface area contributed by atoms with Gasteiger partial charge in [0.1, 0.15) is 0 Å². The van der Waals surface area contributed by atoms with Gasteiger partial charge in [0.2, 0.25) is 17.8 Å². The summed E-state index contributed by atoms with van der Waals surface area (Å²) in [5, 5.41) is 3.20. The van der Waals surface area contributed by atoms with E-state index in [2.05, 4.69) is 25.2 Å². The predicted molar refractivity (Wildman–Crippen MR) is 82.3 cm³/mol. The molecule has 0 aromatic carbocycles. The molecule has 0 bridgehead atoms. The first kappa shape index (κ1) is 14.3. The van der Waals surface area contributed by atoms with Crippen LogP contribution in [-0.4, -0.2) is 47.8 Å². The topological polar surface area (TPSA) is 89.2 Å². The number of anilines is 3. The second kappa shape index (κ2) is 6.89. The molecule has 0 atom stereocenters. The van der Waals surface area contributed by atoms with E-state index in [1.807, 2.05) is 0 Å². The summed E-state index contributed by atoms with van der Waals surface area (Å²) in [6.07, 6.45) is 5.99. The van der Waals surface area contributed by atoms with Gasteiger partial charge in [0.15, 0.2) is 0 Å². The monoisotopic (exact) mass is 292 g/mol. The minimum atomic E-state index is 0.277. The van der Waals surface area contributed by atoms with E-state index in [0.717, 1.165) is 45.2 Å². The Morgan fingerprint density at radius 2 is 2.00 bits per heavy atom. The van der Waals surface area contributed by atoms with Crippen molar-refractivity contribution in [2.24, 2.45) is 5.92 Å². The number of nitrogens with zero attached hydrogens (tertiary/aromatic N) is 4. The van der Waals surface area contributed by atoms with Crippen molar-refractivity contribution < 1.29 is 4.74 Å². The fourth-order valence-electron chi connectivity index (χ4n) is 2.43. The van der Waals surface area contributed by atoms with Gasteiger partial charge in [-0.25, -0.2) is 0 Å². The van der Waals surface area contributed by atoms with Crippen LogP contribution in [0.5, 0.6) is 0 Å². The Morgan fingerprint density at radius 3 is 2.76 bits per heavy atom. The molecule has 0 spiro atoms. The first-order valence-electron chi connectivity index (χ1n) is 7.89. The molecule has 1 saturated heterocycles. The van der Waals surface area contributed by atoms with Crippen LogP contribution < -0.4 is 16.0 Å². The predicted octanol–water partition coefficient (Wildman–Crippen LogP) is 1.28. The summed E-state index contributed by atoms with van der Waals surface area (Å²) >= 11 is 0. The normalized spacial score (nSPS) is 18.2. The minimum absolute atomic E-state index is 0.277. The molecule has 2 aliphatic rings. The van der Waals surface area contributed by atoms with Gasteiger partial charge in [0.25, 0.3) is 0 Å². The fourth-order valence-corrected chi connectivity index (χ4v) is 2.43. The maximum atomic E-state index is 5.77. The second-order valence-electron chi connectivity index (χ2n) is 5.81.